The summed E-state index contributed by atoms with van der Waals surface area (Å²) in [5.41, 5.74) is 0.587. The third kappa shape index (κ3) is 4.14. The first-order valence-corrected chi connectivity index (χ1v) is 8.63. The molecule has 0 aliphatic carbocycles. The molecular formula is C16H23NO3S. The van der Waals surface area contributed by atoms with E-state index < -0.39 is 10.8 Å². The molecule has 116 valence electrons. The molecule has 2 rings (SSSR count). The van der Waals surface area contributed by atoms with Crippen molar-refractivity contribution in [3.05, 3.63) is 29.8 Å². The molecule has 0 spiro atoms. The van der Waals surface area contributed by atoms with Crippen molar-refractivity contribution in [2.45, 2.75) is 55.9 Å². The molecule has 1 aromatic rings. The van der Waals surface area contributed by atoms with E-state index in [1.807, 2.05) is 20.8 Å². The maximum atomic E-state index is 12.2. The number of amides is 1. The van der Waals surface area contributed by atoms with Gasteiger partial charge in [0.25, 0.3) is 5.91 Å². The number of carbonyl (C=O) groups excluding carboxylic acids is 1. The molecule has 0 saturated carbocycles. The van der Waals surface area contributed by atoms with Crippen molar-refractivity contribution in [3.8, 4) is 0 Å². The van der Waals surface area contributed by atoms with Gasteiger partial charge in [-0.1, -0.05) is 13.8 Å². The number of hydrogen-bond acceptors (Lipinski definition) is 3. The summed E-state index contributed by atoms with van der Waals surface area (Å²) in [7, 11) is -1.02. The first-order chi connectivity index (χ1) is 9.99. The highest BCUT2D eigenvalue weighted by molar-refractivity contribution is 7.85. The summed E-state index contributed by atoms with van der Waals surface area (Å²) < 4.78 is 17.5. The average molecular weight is 309 g/mol. The van der Waals surface area contributed by atoms with Gasteiger partial charge in [0.05, 0.1) is 22.9 Å². The van der Waals surface area contributed by atoms with Gasteiger partial charge in [-0.3, -0.25) is 9.00 Å². The molecule has 4 nitrogen and oxygen atoms in total. The predicted molar refractivity (Wildman–Crippen MR) is 83.9 cm³/mol. The molecule has 0 radical (unpaired) electrons. The number of rotatable bonds is 5. The minimum absolute atomic E-state index is 0.00414. The predicted octanol–water partition coefficient (Wildman–Crippen LogP) is 2.50. The lowest BCUT2D eigenvalue weighted by Crippen LogP contribution is -2.40. The maximum Gasteiger partial charge on any atom is 0.251 e. The highest BCUT2D eigenvalue weighted by atomic mass is 32.2. The summed E-state index contributed by atoms with van der Waals surface area (Å²) in [5.74, 6) is -0.111. The fourth-order valence-corrected chi connectivity index (χ4v) is 3.34. The van der Waals surface area contributed by atoms with Crippen LogP contribution >= 0.6 is 0 Å². The molecule has 21 heavy (non-hydrogen) atoms. The van der Waals surface area contributed by atoms with Crippen LogP contribution in [0, 0.1) is 0 Å². The molecule has 1 N–H and O–H groups in total. The normalized spacial score (nSPS) is 21.2. The molecular weight excluding hydrogens is 286 g/mol. The minimum Gasteiger partial charge on any atom is -0.376 e. The molecule has 1 aliphatic rings. The maximum absolute atomic E-state index is 12.2. The van der Waals surface area contributed by atoms with Crippen molar-refractivity contribution in [2.24, 2.45) is 0 Å². The standard InChI is InChI=1S/C16H23NO3S/c1-11(2)21(19)14-8-6-13(7-9-14)16(18)17-12(3)15-5-4-10-20-15/h6-9,11-12,15H,4-5,10H2,1-3H3,(H,17,18)/t12-,15-,21+/m0/s1. The summed E-state index contributed by atoms with van der Waals surface area (Å²) in [5, 5.41) is 3.04. The molecule has 1 aromatic carbocycles. The highest BCUT2D eigenvalue weighted by Gasteiger charge is 2.24. The van der Waals surface area contributed by atoms with Gasteiger partial charge in [0.2, 0.25) is 0 Å². The van der Waals surface area contributed by atoms with Crippen LogP contribution in [0.25, 0.3) is 0 Å². The molecule has 3 atom stereocenters. The Morgan fingerprint density at radius 1 is 1.29 bits per heavy atom. The first-order valence-electron chi connectivity index (χ1n) is 7.42. The molecule has 1 aliphatic heterocycles. The number of hydrogen-bond donors (Lipinski definition) is 1. The molecule has 1 amide bonds. The topological polar surface area (TPSA) is 55.4 Å². The second-order valence-electron chi connectivity index (χ2n) is 5.68. The second-order valence-corrected chi connectivity index (χ2v) is 7.69. The van der Waals surface area contributed by atoms with Gasteiger partial charge >= 0.3 is 0 Å². The second kappa shape index (κ2) is 7.18. The Morgan fingerprint density at radius 2 is 1.95 bits per heavy atom. The number of ether oxygens (including phenoxy) is 1. The first kappa shape index (κ1) is 16.2. The Bertz CT molecular complexity index is 507. The Balaban J connectivity index is 1.97. The van der Waals surface area contributed by atoms with Crippen molar-refractivity contribution in [2.75, 3.05) is 6.61 Å². The van der Waals surface area contributed by atoms with Crippen molar-refractivity contribution >= 4 is 16.7 Å². The largest absolute Gasteiger partial charge is 0.376 e. The van der Waals surface area contributed by atoms with Crippen LogP contribution in [0.5, 0.6) is 0 Å². The van der Waals surface area contributed by atoms with Gasteiger partial charge in [-0.25, -0.2) is 0 Å². The summed E-state index contributed by atoms with van der Waals surface area (Å²) in [6.07, 6.45) is 2.16. The summed E-state index contributed by atoms with van der Waals surface area (Å²) in [6, 6.07) is 6.99. The van der Waals surface area contributed by atoms with E-state index in [0.717, 1.165) is 24.3 Å². The lowest BCUT2D eigenvalue weighted by atomic mass is 10.1. The van der Waals surface area contributed by atoms with E-state index in [1.165, 1.54) is 0 Å². The lowest BCUT2D eigenvalue weighted by Gasteiger charge is -2.20. The monoisotopic (exact) mass is 309 g/mol. The highest BCUT2D eigenvalue weighted by Crippen LogP contribution is 2.16. The number of benzene rings is 1. The molecule has 1 saturated heterocycles. The van der Waals surface area contributed by atoms with Crippen LogP contribution in [0.1, 0.15) is 44.0 Å². The summed E-state index contributed by atoms with van der Waals surface area (Å²) in [6.45, 7) is 6.58. The zero-order chi connectivity index (χ0) is 15.4. The Labute approximate surface area is 128 Å². The van der Waals surface area contributed by atoms with Gasteiger partial charge in [0.1, 0.15) is 0 Å². The molecule has 0 bridgehead atoms. The zero-order valence-corrected chi connectivity index (χ0v) is 13.6. The quantitative estimate of drug-likeness (QED) is 0.909. The Hall–Kier alpha value is -1.20. The van der Waals surface area contributed by atoms with Gasteiger partial charge in [0, 0.05) is 22.3 Å². The van der Waals surface area contributed by atoms with E-state index in [4.69, 9.17) is 4.74 Å². The van der Waals surface area contributed by atoms with Crippen LogP contribution in [0.15, 0.2) is 29.2 Å². The fourth-order valence-electron chi connectivity index (χ4n) is 2.39. The fraction of sp³-hybridized carbons (Fsp3) is 0.562. The smallest absolute Gasteiger partial charge is 0.251 e. The molecule has 1 heterocycles. The number of nitrogens with one attached hydrogen (secondary N) is 1. The zero-order valence-electron chi connectivity index (χ0n) is 12.8. The number of carbonyl (C=O) groups is 1. The molecule has 0 unspecified atom stereocenters. The van der Waals surface area contributed by atoms with E-state index >= 15 is 0 Å². The molecule has 0 aromatic heterocycles. The van der Waals surface area contributed by atoms with Crippen LogP contribution in [-0.4, -0.2) is 34.1 Å². The van der Waals surface area contributed by atoms with Gasteiger partial charge in [0.15, 0.2) is 0 Å². The van der Waals surface area contributed by atoms with Crippen LogP contribution in [-0.2, 0) is 15.5 Å². The van der Waals surface area contributed by atoms with Crippen LogP contribution in [0.3, 0.4) is 0 Å². The van der Waals surface area contributed by atoms with Crippen molar-refractivity contribution in [3.63, 3.8) is 0 Å². The van der Waals surface area contributed by atoms with Gasteiger partial charge in [-0.15, -0.1) is 0 Å². The average Bonchev–Trinajstić information content (AvgIpc) is 3.00. The van der Waals surface area contributed by atoms with E-state index in [9.17, 15) is 9.00 Å². The van der Waals surface area contributed by atoms with Crippen molar-refractivity contribution in [1.29, 1.82) is 0 Å². The van der Waals surface area contributed by atoms with Gasteiger partial charge < -0.3 is 10.1 Å². The van der Waals surface area contributed by atoms with E-state index in [0.29, 0.717) is 5.56 Å². The van der Waals surface area contributed by atoms with Crippen molar-refractivity contribution in [1.82, 2.24) is 5.32 Å². The molecule has 5 heteroatoms. The van der Waals surface area contributed by atoms with Crippen LogP contribution in [0.4, 0.5) is 0 Å². The third-order valence-electron chi connectivity index (χ3n) is 3.66. The molecule has 1 fully saturated rings. The summed E-state index contributed by atoms with van der Waals surface area (Å²) >= 11 is 0. The van der Waals surface area contributed by atoms with Gasteiger partial charge in [-0.2, -0.15) is 0 Å². The van der Waals surface area contributed by atoms with E-state index in [-0.39, 0.29) is 23.3 Å². The summed E-state index contributed by atoms with van der Waals surface area (Å²) in [4.78, 5) is 12.9. The van der Waals surface area contributed by atoms with Crippen molar-refractivity contribution < 1.29 is 13.7 Å². The SMILES string of the molecule is CC(C)[S@@](=O)c1ccc(C(=O)N[C@@H](C)[C@@H]2CCCO2)cc1. The lowest BCUT2D eigenvalue weighted by molar-refractivity contribution is 0.0712. The minimum atomic E-state index is -1.02. The van der Waals surface area contributed by atoms with E-state index in [1.54, 1.807) is 24.3 Å². The van der Waals surface area contributed by atoms with Crippen LogP contribution in [0.2, 0.25) is 0 Å². The third-order valence-corrected chi connectivity index (χ3v) is 5.25. The van der Waals surface area contributed by atoms with Crippen LogP contribution < -0.4 is 5.32 Å². The van der Waals surface area contributed by atoms with E-state index in [2.05, 4.69) is 5.32 Å². The Morgan fingerprint density at radius 3 is 2.48 bits per heavy atom. The van der Waals surface area contributed by atoms with Gasteiger partial charge in [-0.05, 0) is 44.0 Å². The Kier molecular flexibility index (Phi) is 5.53.